The highest BCUT2D eigenvalue weighted by Crippen LogP contribution is 2.22. The second kappa shape index (κ2) is 5.85. The molecule has 0 bridgehead atoms. The Bertz CT molecular complexity index is 420. The number of amides is 1. The van der Waals surface area contributed by atoms with Gasteiger partial charge in [-0.2, -0.15) is 0 Å². The highest BCUT2D eigenvalue weighted by Gasteiger charge is 2.26. The Kier molecular flexibility index (Phi) is 4.18. The lowest BCUT2D eigenvalue weighted by atomic mass is 9.99. The summed E-state index contributed by atoms with van der Waals surface area (Å²) in [5, 5.41) is 0. The molecule has 1 fully saturated rings. The van der Waals surface area contributed by atoms with Crippen molar-refractivity contribution in [1.29, 1.82) is 0 Å². The SMILES string of the molecule is CCC1CCCCN1C(=O)c1ccnc(OC)c1. The van der Waals surface area contributed by atoms with Crippen molar-refractivity contribution in [1.82, 2.24) is 9.88 Å². The van der Waals surface area contributed by atoms with Gasteiger partial charge in [-0.25, -0.2) is 4.98 Å². The molecule has 1 aromatic rings. The molecule has 4 nitrogen and oxygen atoms in total. The van der Waals surface area contributed by atoms with Crippen molar-refractivity contribution in [2.45, 2.75) is 38.6 Å². The van der Waals surface area contributed by atoms with Crippen LogP contribution >= 0.6 is 0 Å². The van der Waals surface area contributed by atoms with E-state index in [0.29, 0.717) is 17.5 Å². The predicted octanol–water partition coefficient (Wildman–Crippen LogP) is 2.49. The Labute approximate surface area is 108 Å². The van der Waals surface area contributed by atoms with Crippen LogP contribution in [0.15, 0.2) is 18.3 Å². The standard InChI is InChI=1S/C14H20N2O2/c1-3-12-6-4-5-9-16(12)14(17)11-7-8-15-13(10-11)18-2/h7-8,10,12H,3-6,9H2,1-2H3. The van der Waals surface area contributed by atoms with Crippen LogP contribution < -0.4 is 4.74 Å². The summed E-state index contributed by atoms with van der Waals surface area (Å²) in [4.78, 5) is 18.5. The first-order chi connectivity index (χ1) is 8.76. The molecule has 1 amide bonds. The summed E-state index contributed by atoms with van der Waals surface area (Å²) in [7, 11) is 1.56. The number of pyridine rings is 1. The smallest absolute Gasteiger partial charge is 0.254 e. The molecule has 0 N–H and O–H groups in total. The lowest BCUT2D eigenvalue weighted by molar-refractivity contribution is 0.0607. The van der Waals surface area contributed by atoms with Gasteiger partial charge < -0.3 is 9.64 Å². The normalized spacial score (nSPS) is 19.7. The van der Waals surface area contributed by atoms with Gasteiger partial charge in [-0.3, -0.25) is 4.79 Å². The van der Waals surface area contributed by atoms with Crippen LogP contribution in [0.25, 0.3) is 0 Å². The Morgan fingerprint density at radius 1 is 1.56 bits per heavy atom. The van der Waals surface area contributed by atoms with Crippen molar-refractivity contribution in [3.63, 3.8) is 0 Å². The zero-order chi connectivity index (χ0) is 13.0. The van der Waals surface area contributed by atoms with Gasteiger partial charge in [-0.15, -0.1) is 0 Å². The van der Waals surface area contributed by atoms with Crippen molar-refractivity contribution in [2.75, 3.05) is 13.7 Å². The summed E-state index contributed by atoms with van der Waals surface area (Å²) < 4.78 is 5.06. The van der Waals surface area contributed by atoms with Gasteiger partial charge >= 0.3 is 0 Å². The van der Waals surface area contributed by atoms with Gasteiger partial charge in [0.25, 0.3) is 5.91 Å². The van der Waals surface area contributed by atoms with Gasteiger partial charge in [-0.05, 0) is 31.7 Å². The molecule has 0 spiro atoms. The summed E-state index contributed by atoms with van der Waals surface area (Å²) in [5.74, 6) is 0.591. The average molecular weight is 248 g/mol. The number of hydrogen-bond acceptors (Lipinski definition) is 3. The minimum absolute atomic E-state index is 0.0993. The van der Waals surface area contributed by atoms with E-state index in [-0.39, 0.29) is 5.91 Å². The van der Waals surface area contributed by atoms with Crippen molar-refractivity contribution in [3.05, 3.63) is 23.9 Å². The number of carbonyl (C=O) groups excluding carboxylic acids is 1. The number of hydrogen-bond donors (Lipinski definition) is 0. The molecule has 1 aliphatic rings. The largest absolute Gasteiger partial charge is 0.481 e. The van der Waals surface area contributed by atoms with E-state index in [1.54, 1.807) is 25.4 Å². The van der Waals surface area contributed by atoms with E-state index < -0.39 is 0 Å². The van der Waals surface area contributed by atoms with Gasteiger partial charge in [0.2, 0.25) is 5.88 Å². The third-order valence-electron chi connectivity index (χ3n) is 3.55. The summed E-state index contributed by atoms with van der Waals surface area (Å²) in [6.45, 7) is 3.01. The van der Waals surface area contributed by atoms with E-state index in [0.717, 1.165) is 25.8 Å². The van der Waals surface area contributed by atoms with Crippen LogP contribution in [-0.4, -0.2) is 35.5 Å². The van der Waals surface area contributed by atoms with Crippen LogP contribution in [0.3, 0.4) is 0 Å². The zero-order valence-corrected chi connectivity index (χ0v) is 11.1. The summed E-state index contributed by atoms with van der Waals surface area (Å²) in [6.07, 6.45) is 6.09. The van der Waals surface area contributed by atoms with E-state index >= 15 is 0 Å². The molecule has 2 rings (SSSR count). The number of ether oxygens (including phenoxy) is 1. The fourth-order valence-electron chi connectivity index (χ4n) is 2.51. The molecule has 0 saturated carbocycles. The lowest BCUT2D eigenvalue weighted by Crippen LogP contribution is -2.43. The number of piperidine rings is 1. The van der Waals surface area contributed by atoms with Crippen LogP contribution in [0.1, 0.15) is 43.0 Å². The molecule has 1 atom stereocenters. The number of aromatic nitrogens is 1. The first kappa shape index (κ1) is 12.9. The first-order valence-electron chi connectivity index (χ1n) is 6.57. The van der Waals surface area contributed by atoms with Gasteiger partial charge in [0.05, 0.1) is 7.11 Å². The van der Waals surface area contributed by atoms with Gasteiger partial charge in [0.1, 0.15) is 0 Å². The van der Waals surface area contributed by atoms with Crippen LogP contribution in [0.4, 0.5) is 0 Å². The van der Waals surface area contributed by atoms with Crippen molar-refractivity contribution in [3.8, 4) is 5.88 Å². The Morgan fingerprint density at radius 2 is 2.39 bits per heavy atom. The second-order valence-electron chi connectivity index (χ2n) is 4.64. The average Bonchev–Trinajstić information content (AvgIpc) is 2.46. The highest BCUT2D eigenvalue weighted by atomic mass is 16.5. The monoisotopic (exact) mass is 248 g/mol. The van der Waals surface area contributed by atoms with Crippen LogP contribution in [0.5, 0.6) is 5.88 Å². The number of methoxy groups -OCH3 is 1. The molecule has 0 aliphatic carbocycles. The van der Waals surface area contributed by atoms with E-state index in [9.17, 15) is 4.79 Å². The van der Waals surface area contributed by atoms with Crippen LogP contribution in [-0.2, 0) is 0 Å². The lowest BCUT2D eigenvalue weighted by Gasteiger charge is -2.35. The molecule has 18 heavy (non-hydrogen) atoms. The summed E-state index contributed by atoms with van der Waals surface area (Å²) in [5.41, 5.74) is 0.669. The van der Waals surface area contributed by atoms with E-state index in [4.69, 9.17) is 4.74 Å². The first-order valence-corrected chi connectivity index (χ1v) is 6.57. The Morgan fingerprint density at radius 3 is 3.11 bits per heavy atom. The minimum Gasteiger partial charge on any atom is -0.481 e. The van der Waals surface area contributed by atoms with Gasteiger partial charge in [0.15, 0.2) is 0 Å². The molecule has 1 unspecified atom stereocenters. The second-order valence-corrected chi connectivity index (χ2v) is 4.64. The molecule has 2 heterocycles. The third-order valence-corrected chi connectivity index (χ3v) is 3.55. The topological polar surface area (TPSA) is 42.4 Å². The molecule has 1 saturated heterocycles. The highest BCUT2D eigenvalue weighted by molar-refractivity contribution is 5.94. The molecule has 0 radical (unpaired) electrons. The quantitative estimate of drug-likeness (QED) is 0.825. The Balaban J connectivity index is 2.18. The molecule has 1 aliphatic heterocycles. The maximum Gasteiger partial charge on any atom is 0.254 e. The van der Waals surface area contributed by atoms with Crippen molar-refractivity contribution in [2.24, 2.45) is 0 Å². The summed E-state index contributed by atoms with van der Waals surface area (Å²) >= 11 is 0. The van der Waals surface area contributed by atoms with E-state index in [1.807, 2.05) is 4.90 Å². The fourth-order valence-corrected chi connectivity index (χ4v) is 2.51. The maximum atomic E-state index is 12.5. The number of carbonyl (C=O) groups is 1. The minimum atomic E-state index is 0.0993. The van der Waals surface area contributed by atoms with E-state index in [2.05, 4.69) is 11.9 Å². The molecule has 98 valence electrons. The van der Waals surface area contributed by atoms with Crippen molar-refractivity contribution < 1.29 is 9.53 Å². The predicted molar refractivity (Wildman–Crippen MR) is 69.8 cm³/mol. The fraction of sp³-hybridized carbons (Fsp3) is 0.571. The zero-order valence-electron chi connectivity index (χ0n) is 11.1. The number of rotatable bonds is 3. The Hall–Kier alpha value is -1.58. The van der Waals surface area contributed by atoms with Crippen LogP contribution in [0.2, 0.25) is 0 Å². The maximum absolute atomic E-state index is 12.5. The van der Waals surface area contributed by atoms with Gasteiger partial charge in [0, 0.05) is 30.4 Å². The third kappa shape index (κ3) is 2.63. The van der Waals surface area contributed by atoms with Crippen LogP contribution in [0, 0.1) is 0 Å². The number of likely N-dealkylation sites (tertiary alicyclic amines) is 1. The number of nitrogens with zero attached hydrogens (tertiary/aromatic N) is 2. The van der Waals surface area contributed by atoms with E-state index in [1.165, 1.54) is 6.42 Å². The van der Waals surface area contributed by atoms with Gasteiger partial charge in [-0.1, -0.05) is 6.92 Å². The summed E-state index contributed by atoms with van der Waals surface area (Å²) in [6, 6.07) is 3.85. The van der Waals surface area contributed by atoms with Crippen molar-refractivity contribution >= 4 is 5.91 Å². The molecule has 4 heteroatoms. The molecule has 0 aromatic carbocycles. The molecular formula is C14H20N2O2. The molecule has 1 aromatic heterocycles. The molecular weight excluding hydrogens is 228 g/mol.